The Morgan fingerprint density at radius 2 is 1.63 bits per heavy atom. The van der Waals surface area contributed by atoms with Gasteiger partial charge in [-0.1, -0.05) is 17.2 Å². The molecule has 14 heteroatoms. The number of hydrogen-bond donors (Lipinski definition) is 4. The summed E-state index contributed by atoms with van der Waals surface area (Å²) in [5.41, 5.74) is 13.8. The van der Waals surface area contributed by atoms with Gasteiger partial charge in [0.15, 0.2) is 0 Å². The third-order valence-corrected chi connectivity index (χ3v) is 5.47. The lowest BCUT2D eigenvalue weighted by Crippen LogP contribution is -2.54. The minimum atomic E-state index is -1.08. The quantitative estimate of drug-likeness (QED) is 0.0924. The van der Waals surface area contributed by atoms with Crippen LogP contribution < -0.4 is 21.7 Å². The second-order valence-electron chi connectivity index (χ2n) is 10.4. The zero-order valence-electron chi connectivity index (χ0n) is 22.5. The molecule has 5 N–H and O–H groups in total. The van der Waals surface area contributed by atoms with Crippen LogP contribution in [0, 0.1) is 3.57 Å². The summed E-state index contributed by atoms with van der Waals surface area (Å²) in [6.45, 7) is 10.5. The summed E-state index contributed by atoms with van der Waals surface area (Å²) in [5.74, 6) is -1.41. The number of halogens is 1. The van der Waals surface area contributed by atoms with Crippen LogP contribution in [0.1, 0.15) is 59.9 Å². The summed E-state index contributed by atoms with van der Waals surface area (Å²) < 4.78 is 11.1. The Balaban J connectivity index is 2.93. The lowest BCUT2D eigenvalue weighted by Gasteiger charge is -2.25. The fraction of sp³-hybridized carbons (Fsp3) is 0.583. The van der Waals surface area contributed by atoms with Crippen molar-refractivity contribution >= 4 is 52.3 Å². The van der Waals surface area contributed by atoms with Gasteiger partial charge in [0.2, 0.25) is 11.8 Å². The molecule has 0 saturated carbocycles. The van der Waals surface area contributed by atoms with Crippen LogP contribution in [0.3, 0.4) is 0 Å². The molecule has 2 atom stereocenters. The van der Waals surface area contributed by atoms with Crippen LogP contribution >= 0.6 is 22.6 Å². The third kappa shape index (κ3) is 13.3. The SMILES string of the molecule is CC(C)(C)OC(=O)NCCC[C@H](NC(=O)OC(C)(C)C)C(=O)N[C@@H](Cc1ccc(N=[N+]=[N-])c(I)c1)C(N)=O. The molecule has 0 aliphatic rings. The third-order valence-electron chi connectivity index (χ3n) is 4.61. The van der Waals surface area contributed by atoms with Crippen molar-refractivity contribution in [3.8, 4) is 0 Å². The van der Waals surface area contributed by atoms with Gasteiger partial charge in [0.1, 0.15) is 23.3 Å². The van der Waals surface area contributed by atoms with Gasteiger partial charge >= 0.3 is 12.2 Å². The van der Waals surface area contributed by atoms with Gasteiger partial charge in [-0.25, -0.2) is 9.59 Å². The van der Waals surface area contributed by atoms with Crippen LogP contribution in [-0.4, -0.2) is 53.8 Å². The number of amides is 4. The molecule has 4 amide bonds. The van der Waals surface area contributed by atoms with E-state index in [0.717, 1.165) is 0 Å². The minimum absolute atomic E-state index is 0.0764. The van der Waals surface area contributed by atoms with E-state index in [1.54, 1.807) is 59.7 Å². The summed E-state index contributed by atoms with van der Waals surface area (Å²) >= 11 is 1.99. The van der Waals surface area contributed by atoms with Crippen LogP contribution in [0.2, 0.25) is 0 Å². The maximum absolute atomic E-state index is 13.1. The Morgan fingerprint density at radius 3 is 2.16 bits per heavy atom. The van der Waals surface area contributed by atoms with Crippen molar-refractivity contribution in [2.45, 2.75) is 84.1 Å². The molecule has 0 radical (unpaired) electrons. The monoisotopic (exact) mass is 645 g/mol. The van der Waals surface area contributed by atoms with Crippen molar-refractivity contribution in [1.82, 2.24) is 16.0 Å². The number of azide groups is 1. The number of nitrogens with one attached hydrogen (secondary N) is 3. The molecule has 1 aromatic carbocycles. The first-order chi connectivity index (χ1) is 17.5. The van der Waals surface area contributed by atoms with Gasteiger partial charge in [-0.05, 0) is 94.1 Å². The number of carbonyl (C=O) groups excluding carboxylic acids is 4. The number of nitrogens with two attached hydrogens (primary N) is 1. The Hall–Kier alpha value is -3.26. The molecule has 210 valence electrons. The minimum Gasteiger partial charge on any atom is -0.444 e. The number of benzene rings is 1. The maximum atomic E-state index is 13.1. The van der Waals surface area contributed by atoms with E-state index in [9.17, 15) is 19.2 Å². The number of rotatable bonds is 11. The van der Waals surface area contributed by atoms with Crippen molar-refractivity contribution in [2.24, 2.45) is 10.8 Å². The van der Waals surface area contributed by atoms with Gasteiger partial charge < -0.3 is 31.2 Å². The molecular weight excluding hydrogens is 609 g/mol. The number of hydrogen-bond acceptors (Lipinski definition) is 7. The average Bonchev–Trinajstić information content (AvgIpc) is 2.74. The first-order valence-electron chi connectivity index (χ1n) is 11.9. The van der Waals surface area contributed by atoms with Crippen molar-refractivity contribution in [1.29, 1.82) is 0 Å². The van der Waals surface area contributed by atoms with Crippen molar-refractivity contribution in [3.63, 3.8) is 0 Å². The van der Waals surface area contributed by atoms with E-state index in [4.69, 9.17) is 20.7 Å². The van der Waals surface area contributed by atoms with Gasteiger partial charge in [0.25, 0.3) is 0 Å². The molecule has 1 rings (SSSR count). The fourth-order valence-corrected chi connectivity index (χ4v) is 3.75. The second kappa shape index (κ2) is 14.6. The van der Waals surface area contributed by atoms with E-state index in [1.807, 2.05) is 22.6 Å². The largest absolute Gasteiger partial charge is 0.444 e. The van der Waals surface area contributed by atoms with Gasteiger partial charge in [0, 0.05) is 21.4 Å². The lowest BCUT2D eigenvalue weighted by atomic mass is 10.0. The highest BCUT2D eigenvalue weighted by molar-refractivity contribution is 14.1. The molecule has 1 aromatic rings. The normalized spacial score (nSPS) is 12.8. The summed E-state index contributed by atoms with van der Waals surface area (Å²) in [5, 5.41) is 11.3. The molecule has 0 bridgehead atoms. The average molecular weight is 645 g/mol. The highest BCUT2D eigenvalue weighted by Crippen LogP contribution is 2.23. The molecule has 0 unspecified atom stereocenters. The van der Waals surface area contributed by atoms with Gasteiger partial charge in [-0.2, -0.15) is 0 Å². The molecule has 0 aliphatic carbocycles. The second-order valence-corrected chi connectivity index (χ2v) is 11.6. The standard InChI is InChI=1S/C24H36IN7O6/c1-23(2,3)37-21(35)28-11-7-8-17(30-22(36)38-24(4,5)6)20(34)29-18(19(26)33)13-14-9-10-16(31-32-27)15(25)12-14/h9-10,12,17-18H,7-8,11,13H2,1-6H3,(H2,26,33)(H,28,35)(H,29,34)(H,30,36)/t17-,18-/m0/s1. The van der Waals surface area contributed by atoms with E-state index in [2.05, 4.69) is 26.0 Å². The number of primary amides is 1. The molecule has 0 saturated heterocycles. The molecule has 0 fully saturated rings. The highest BCUT2D eigenvalue weighted by atomic mass is 127. The van der Waals surface area contributed by atoms with E-state index in [1.165, 1.54) is 0 Å². The van der Waals surface area contributed by atoms with E-state index < -0.39 is 47.3 Å². The van der Waals surface area contributed by atoms with E-state index in [-0.39, 0.29) is 19.4 Å². The number of carbonyl (C=O) groups is 4. The summed E-state index contributed by atoms with van der Waals surface area (Å²) in [4.78, 5) is 52.3. The number of alkyl carbamates (subject to hydrolysis) is 2. The Bertz CT molecular complexity index is 1060. The maximum Gasteiger partial charge on any atom is 0.408 e. The Labute approximate surface area is 235 Å². The molecule has 0 spiro atoms. The first kappa shape index (κ1) is 32.8. The summed E-state index contributed by atoms with van der Waals surface area (Å²) in [6.07, 6.45) is -0.893. The fourth-order valence-electron chi connectivity index (χ4n) is 3.07. The highest BCUT2D eigenvalue weighted by Gasteiger charge is 2.28. The van der Waals surface area contributed by atoms with Crippen LogP contribution in [-0.2, 0) is 25.5 Å². The van der Waals surface area contributed by atoms with Crippen LogP contribution in [0.5, 0.6) is 0 Å². The predicted molar refractivity (Wildman–Crippen MR) is 149 cm³/mol. The predicted octanol–water partition coefficient (Wildman–Crippen LogP) is 3.94. The molecule has 0 heterocycles. The Kier molecular flexibility index (Phi) is 12.6. The molecule has 0 aromatic heterocycles. The van der Waals surface area contributed by atoms with Crippen molar-refractivity contribution in [3.05, 3.63) is 37.8 Å². The van der Waals surface area contributed by atoms with Crippen LogP contribution in [0.15, 0.2) is 23.3 Å². The first-order valence-corrected chi connectivity index (χ1v) is 13.0. The molecule has 38 heavy (non-hydrogen) atoms. The Morgan fingerprint density at radius 1 is 1.03 bits per heavy atom. The smallest absolute Gasteiger partial charge is 0.408 e. The zero-order valence-corrected chi connectivity index (χ0v) is 24.6. The summed E-state index contributed by atoms with van der Waals surface area (Å²) in [7, 11) is 0. The van der Waals surface area contributed by atoms with Crippen molar-refractivity contribution in [2.75, 3.05) is 6.54 Å². The molecule has 0 aliphatic heterocycles. The van der Waals surface area contributed by atoms with Gasteiger partial charge in [-0.3, -0.25) is 9.59 Å². The topological polar surface area (TPSA) is 198 Å². The molecule has 13 nitrogen and oxygen atoms in total. The van der Waals surface area contributed by atoms with Crippen LogP contribution in [0.25, 0.3) is 10.4 Å². The molecular formula is C24H36IN7O6. The number of nitrogens with zero attached hydrogens (tertiary/aromatic N) is 3. The summed E-state index contributed by atoms with van der Waals surface area (Å²) in [6, 6.07) is 2.82. The van der Waals surface area contributed by atoms with Crippen molar-refractivity contribution < 1.29 is 28.7 Å². The van der Waals surface area contributed by atoms with E-state index in [0.29, 0.717) is 21.2 Å². The van der Waals surface area contributed by atoms with Gasteiger partial charge in [-0.15, -0.1) is 0 Å². The number of ether oxygens (including phenoxy) is 2. The van der Waals surface area contributed by atoms with E-state index >= 15 is 0 Å². The lowest BCUT2D eigenvalue weighted by molar-refractivity contribution is -0.128. The zero-order chi connectivity index (χ0) is 29.1. The van der Waals surface area contributed by atoms with Crippen LogP contribution in [0.4, 0.5) is 15.3 Å². The van der Waals surface area contributed by atoms with Gasteiger partial charge in [0.05, 0.1) is 5.69 Å².